The van der Waals surface area contributed by atoms with Crippen LogP contribution in [-0.4, -0.2) is 28.2 Å². The lowest BCUT2D eigenvalue weighted by molar-refractivity contribution is 0.102. The number of hydrogen-bond donors (Lipinski definition) is 0. The molecule has 0 fully saturated rings. The first-order valence-corrected chi connectivity index (χ1v) is 8.21. The van der Waals surface area contributed by atoms with Crippen molar-refractivity contribution in [3.05, 3.63) is 19.9 Å². The van der Waals surface area contributed by atoms with Gasteiger partial charge in [0.15, 0.2) is 5.78 Å². The molecular formula is C9H8INOS3. The molecule has 15 heavy (non-hydrogen) atoms. The lowest BCUT2D eigenvalue weighted by atomic mass is 10.4. The lowest BCUT2D eigenvalue weighted by Crippen LogP contribution is -2.00. The number of ketones is 1. The number of carbonyl (C=O) groups is 1. The van der Waals surface area contributed by atoms with Gasteiger partial charge in [-0.25, -0.2) is 0 Å². The number of halogens is 1. The van der Waals surface area contributed by atoms with Crippen LogP contribution >= 0.6 is 57.5 Å². The zero-order valence-corrected chi connectivity index (χ0v) is 12.3. The summed E-state index contributed by atoms with van der Waals surface area (Å²) in [5, 5.41) is 0. The first-order valence-electron chi connectivity index (χ1n) is 4.34. The molecule has 0 aliphatic carbocycles. The zero-order chi connectivity index (χ0) is 10.7. The van der Waals surface area contributed by atoms with Crippen molar-refractivity contribution in [2.45, 2.75) is 0 Å². The Kier molecular flexibility index (Phi) is 4.53. The highest BCUT2D eigenvalue weighted by molar-refractivity contribution is 14.1. The number of aliphatic imine (C=N–C) groups is 1. The molecule has 1 aromatic heterocycles. The van der Waals surface area contributed by atoms with Gasteiger partial charge >= 0.3 is 0 Å². The van der Waals surface area contributed by atoms with E-state index >= 15 is 0 Å². The van der Waals surface area contributed by atoms with E-state index in [1.165, 1.54) is 0 Å². The van der Waals surface area contributed by atoms with E-state index in [-0.39, 0.29) is 5.78 Å². The van der Waals surface area contributed by atoms with Crippen LogP contribution in [0.3, 0.4) is 0 Å². The summed E-state index contributed by atoms with van der Waals surface area (Å²) in [5.41, 5.74) is 0. The largest absolute Gasteiger partial charge is 0.292 e. The van der Waals surface area contributed by atoms with Crippen LogP contribution in [-0.2, 0) is 0 Å². The Morgan fingerprint density at radius 3 is 3.07 bits per heavy atom. The Morgan fingerprint density at radius 1 is 1.60 bits per heavy atom. The third kappa shape index (κ3) is 3.47. The predicted octanol–water partition coefficient (Wildman–Crippen LogP) is 3.37. The second-order valence-electron chi connectivity index (χ2n) is 2.81. The first-order chi connectivity index (χ1) is 7.25. The number of carbonyl (C=O) groups excluding carboxylic acids is 1. The Balaban J connectivity index is 1.87. The quantitative estimate of drug-likeness (QED) is 0.604. The van der Waals surface area contributed by atoms with Crippen molar-refractivity contribution in [3.8, 4) is 0 Å². The molecule has 0 spiro atoms. The van der Waals surface area contributed by atoms with Crippen LogP contribution in [0.1, 0.15) is 9.67 Å². The van der Waals surface area contributed by atoms with Crippen LogP contribution in [0.25, 0.3) is 0 Å². The molecule has 80 valence electrons. The molecule has 0 N–H and O–H groups in total. The molecule has 0 saturated heterocycles. The molecule has 0 saturated carbocycles. The van der Waals surface area contributed by atoms with Crippen LogP contribution in [0.2, 0.25) is 0 Å². The average molecular weight is 369 g/mol. The van der Waals surface area contributed by atoms with Crippen molar-refractivity contribution < 1.29 is 4.79 Å². The molecule has 0 radical (unpaired) electrons. The molecule has 0 amide bonds. The molecule has 2 rings (SSSR count). The standard InChI is InChI=1S/C9H8INOS3/c10-8-2-1-7(15-8)6(12)5-14-9-11-3-4-13-9/h1-2H,3-5H2. The number of thioether (sulfide) groups is 2. The molecule has 0 bridgehead atoms. The van der Waals surface area contributed by atoms with E-state index < -0.39 is 0 Å². The van der Waals surface area contributed by atoms with E-state index in [0.717, 1.165) is 24.4 Å². The summed E-state index contributed by atoms with van der Waals surface area (Å²) in [7, 11) is 0. The summed E-state index contributed by atoms with van der Waals surface area (Å²) in [6.45, 7) is 0.901. The van der Waals surface area contributed by atoms with Gasteiger partial charge in [-0.1, -0.05) is 23.5 Å². The van der Waals surface area contributed by atoms with E-state index in [4.69, 9.17) is 0 Å². The first kappa shape index (κ1) is 11.9. The molecule has 0 atom stereocenters. The maximum atomic E-state index is 11.7. The molecule has 6 heteroatoms. The lowest BCUT2D eigenvalue weighted by Gasteiger charge is -1.97. The molecular weight excluding hydrogens is 361 g/mol. The Hall–Kier alpha value is 0.470. The summed E-state index contributed by atoms with van der Waals surface area (Å²) in [5.74, 6) is 1.79. The second kappa shape index (κ2) is 5.70. The van der Waals surface area contributed by atoms with Gasteiger partial charge in [0.05, 0.1) is 20.1 Å². The van der Waals surface area contributed by atoms with Crippen molar-refractivity contribution in [2.24, 2.45) is 4.99 Å². The second-order valence-corrected chi connectivity index (χ2v) is 8.10. The maximum absolute atomic E-state index is 11.7. The summed E-state index contributed by atoms with van der Waals surface area (Å²) >= 11 is 7.10. The molecule has 1 aromatic rings. The van der Waals surface area contributed by atoms with Crippen LogP contribution in [0.4, 0.5) is 0 Å². The Bertz CT molecular complexity index is 402. The SMILES string of the molecule is O=C(CSC1=NCCS1)c1ccc(I)s1. The van der Waals surface area contributed by atoms with Gasteiger partial charge in [0.2, 0.25) is 0 Å². The van der Waals surface area contributed by atoms with Gasteiger partial charge < -0.3 is 0 Å². The van der Waals surface area contributed by atoms with Crippen LogP contribution in [0.5, 0.6) is 0 Å². The monoisotopic (exact) mass is 369 g/mol. The summed E-state index contributed by atoms with van der Waals surface area (Å²) < 4.78 is 2.23. The highest BCUT2D eigenvalue weighted by Crippen LogP contribution is 2.24. The number of Topliss-reactive ketones (excluding diaryl/α,β-unsaturated/α-hetero) is 1. The fourth-order valence-corrected chi connectivity index (χ4v) is 4.61. The molecule has 2 nitrogen and oxygen atoms in total. The van der Waals surface area contributed by atoms with Gasteiger partial charge in [-0.3, -0.25) is 9.79 Å². The van der Waals surface area contributed by atoms with Gasteiger partial charge in [-0.15, -0.1) is 11.3 Å². The molecule has 0 unspecified atom stereocenters. The van der Waals surface area contributed by atoms with Crippen molar-refractivity contribution >= 4 is 67.6 Å². The third-order valence-electron chi connectivity index (χ3n) is 1.73. The van der Waals surface area contributed by atoms with Crippen LogP contribution in [0, 0.1) is 2.88 Å². The fourth-order valence-electron chi connectivity index (χ4n) is 1.07. The van der Waals surface area contributed by atoms with Gasteiger partial charge in [0, 0.05) is 5.75 Å². The normalized spacial score (nSPS) is 15.4. The third-order valence-corrected chi connectivity index (χ3v) is 5.92. The Labute approximate surface area is 114 Å². The van der Waals surface area contributed by atoms with Gasteiger partial charge in [-0.2, -0.15) is 0 Å². The molecule has 2 heterocycles. The number of rotatable bonds is 3. The number of nitrogens with zero attached hydrogens (tertiary/aromatic N) is 1. The highest BCUT2D eigenvalue weighted by atomic mass is 127. The summed E-state index contributed by atoms with van der Waals surface area (Å²) in [6, 6.07) is 3.88. The van der Waals surface area contributed by atoms with Crippen LogP contribution in [0.15, 0.2) is 17.1 Å². The summed E-state index contributed by atoms with van der Waals surface area (Å²) in [6.07, 6.45) is 0. The minimum Gasteiger partial charge on any atom is -0.292 e. The molecule has 1 aliphatic rings. The predicted molar refractivity (Wildman–Crippen MR) is 78.6 cm³/mol. The van der Waals surface area contributed by atoms with Crippen molar-refractivity contribution in [1.82, 2.24) is 0 Å². The maximum Gasteiger partial charge on any atom is 0.183 e. The Morgan fingerprint density at radius 2 is 2.47 bits per heavy atom. The zero-order valence-electron chi connectivity index (χ0n) is 7.73. The van der Waals surface area contributed by atoms with E-state index in [1.54, 1.807) is 34.9 Å². The topological polar surface area (TPSA) is 29.4 Å². The van der Waals surface area contributed by atoms with E-state index in [1.807, 2.05) is 12.1 Å². The van der Waals surface area contributed by atoms with E-state index in [9.17, 15) is 4.79 Å². The average Bonchev–Trinajstić information content (AvgIpc) is 2.84. The van der Waals surface area contributed by atoms with Crippen molar-refractivity contribution in [3.63, 3.8) is 0 Å². The van der Waals surface area contributed by atoms with Crippen molar-refractivity contribution in [2.75, 3.05) is 18.1 Å². The van der Waals surface area contributed by atoms with Gasteiger partial charge in [0.25, 0.3) is 0 Å². The minimum absolute atomic E-state index is 0.211. The smallest absolute Gasteiger partial charge is 0.183 e. The minimum atomic E-state index is 0.211. The van der Waals surface area contributed by atoms with Gasteiger partial charge in [-0.05, 0) is 34.7 Å². The number of hydrogen-bond acceptors (Lipinski definition) is 5. The van der Waals surface area contributed by atoms with E-state index in [0.29, 0.717) is 5.75 Å². The summed E-state index contributed by atoms with van der Waals surface area (Å²) in [4.78, 5) is 16.9. The van der Waals surface area contributed by atoms with Gasteiger partial charge in [0.1, 0.15) is 4.38 Å². The fraction of sp³-hybridized carbons (Fsp3) is 0.333. The van der Waals surface area contributed by atoms with Crippen LogP contribution < -0.4 is 0 Å². The van der Waals surface area contributed by atoms with Crippen molar-refractivity contribution in [1.29, 1.82) is 0 Å². The molecule has 0 aromatic carbocycles. The number of thiophene rings is 1. The molecule has 1 aliphatic heterocycles. The van der Waals surface area contributed by atoms with E-state index in [2.05, 4.69) is 27.6 Å². The highest BCUT2D eigenvalue weighted by Gasteiger charge is 2.13.